The van der Waals surface area contributed by atoms with Crippen LogP contribution in [0.4, 0.5) is 0 Å². The minimum absolute atomic E-state index is 0.494. The normalized spacial score (nSPS) is 17.1. The Bertz CT molecular complexity index is 579. The van der Waals surface area contributed by atoms with Crippen molar-refractivity contribution in [1.82, 2.24) is 0 Å². The molecule has 1 aliphatic rings. The third kappa shape index (κ3) is 3.82. The largest absolute Gasteiger partial charge is 0.496 e. The van der Waals surface area contributed by atoms with E-state index < -0.39 is 0 Å². The van der Waals surface area contributed by atoms with Crippen molar-refractivity contribution in [2.24, 2.45) is 0 Å². The van der Waals surface area contributed by atoms with Gasteiger partial charge in [0.1, 0.15) is 5.75 Å². The van der Waals surface area contributed by atoms with Gasteiger partial charge in [-0.2, -0.15) is 0 Å². The van der Waals surface area contributed by atoms with Crippen LogP contribution < -0.4 is 4.74 Å². The van der Waals surface area contributed by atoms with Crippen LogP contribution in [-0.4, -0.2) is 23.2 Å². The van der Waals surface area contributed by atoms with Crippen molar-refractivity contribution < 1.29 is 4.74 Å². The molecule has 22 heavy (non-hydrogen) atoms. The predicted molar refractivity (Wildman–Crippen MR) is 99.2 cm³/mol. The highest BCUT2D eigenvalue weighted by molar-refractivity contribution is 8.17. The lowest BCUT2D eigenvalue weighted by atomic mass is 9.92. The Hall–Kier alpha value is -1.06. The van der Waals surface area contributed by atoms with Crippen molar-refractivity contribution >= 4 is 23.5 Å². The second-order valence-electron chi connectivity index (χ2n) is 5.50. The number of ether oxygens (including phenoxy) is 1. The van der Waals surface area contributed by atoms with E-state index in [0.717, 1.165) is 12.2 Å². The van der Waals surface area contributed by atoms with Gasteiger partial charge < -0.3 is 4.74 Å². The smallest absolute Gasteiger partial charge is 0.122 e. The number of rotatable bonds is 5. The fraction of sp³-hybridized carbons (Fsp3) is 0.368. The summed E-state index contributed by atoms with van der Waals surface area (Å²) in [5, 5.41) is 0. The zero-order valence-corrected chi connectivity index (χ0v) is 14.5. The molecule has 1 nitrogen and oxygen atoms in total. The Morgan fingerprint density at radius 1 is 1.00 bits per heavy atom. The van der Waals surface area contributed by atoms with Crippen LogP contribution >= 0.6 is 23.5 Å². The summed E-state index contributed by atoms with van der Waals surface area (Å²) in [4.78, 5) is 0. The molecule has 0 amide bonds. The van der Waals surface area contributed by atoms with E-state index in [1.54, 1.807) is 7.11 Å². The van der Waals surface area contributed by atoms with E-state index in [9.17, 15) is 0 Å². The molecule has 0 saturated carbocycles. The molecule has 3 heteroatoms. The SMILES string of the molecule is COc1ccccc1C(Cc1ccccc1)C1SCCCS1. The van der Waals surface area contributed by atoms with Crippen molar-refractivity contribution in [2.45, 2.75) is 23.3 Å². The lowest BCUT2D eigenvalue weighted by Gasteiger charge is -2.30. The van der Waals surface area contributed by atoms with Crippen molar-refractivity contribution in [3.05, 3.63) is 65.7 Å². The Kier molecular flexibility index (Phi) is 5.74. The van der Waals surface area contributed by atoms with Crippen LogP contribution in [0.1, 0.15) is 23.5 Å². The molecule has 0 radical (unpaired) electrons. The van der Waals surface area contributed by atoms with E-state index in [1.165, 1.54) is 29.1 Å². The molecule has 0 spiro atoms. The van der Waals surface area contributed by atoms with E-state index in [1.807, 2.05) is 0 Å². The van der Waals surface area contributed by atoms with Crippen molar-refractivity contribution in [3.63, 3.8) is 0 Å². The molecular weight excluding hydrogens is 308 g/mol. The van der Waals surface area contributed by atoms with Crippen LogP contribution in [0, 0.1) is 0 Å². The van der Waals surface area contributed by atoms with E-state index in [4.69, 9.17) is 4.74 Å². The summed E-state index contributed by atoms with van der Waals surface area (Å²) in [7, 11) is 1.78. The molecule has 0 aliphatic carbocycles. The number of thioether (sulfide) groups is 2. The van der Waals surface area contributed by atoms with Gasteiger partial charge in [0.15, 0.2) is 0 Å². The molecule has 2 aromatic carbocycles. The van der Waals surface area contributed by atoms with Crippen molar-refractivity contribution in [2.75, 3.05) is 18.6 Å². The number of hydrogen-bond acceptors (Lipinski definition) is 3. The molecule has 1 fully saturated rings. The Balaban J connectivity index is 1.91. The lowest BCUT2D eigenvalue weighted by Crippen LogP contribution is -2.19. The summed E-state index contributed by atoms with van der Waals surface area (Å²) in [5.74, 6) is 4.07. The third-order valence-corrected chi connectivity index (χ3v) is 7.20. The fourth-order valence-corrected chi connectivity index (χ4v) is 6.11. The van der Waals surface area contributed by atoms with Gasteiger partial charge in [-0.25, -0.2) is 0 Å². The minimum Gasteiger partial charge on any atom is -0.496 e. The summed E-state index contributed by atoms with van der Waals surface area (Å²) in [5.41, 5.74) is 2.76. The highest BCUT2D eigenvalue weighted by atomic mass is 32.2. The second kappa shape index (κ2) is 7.98. The first-order valence-electron chi connectivity index (χ1n) is 7.78. The molecule has 0 bridgehead atoms. The van der Waals surface area contributed by atoms with Gasteiger partial charge in [-0.3, -0.25) is 0 Å². The fourth-order valence-electron chi connectivity index (χ4n) is 2.93. The number of para-hydroxylation sites is 1. The Morgan fingerprint density at radius 2 is 1.68 bits per heavy atom. The molecule has 0 aromatic heterocycles. The number of benzene rings is 2. The molecule has 1 atom stereocenters. The van der Waals surface area contributed by atoms with Gasteiger partial charge in [-0.05, 0) is 41.5 Å². The van der Waals surface area contributed by atoms with Crippen LogP contribution in [-0.2, 0) is 6.42 Å². The van der Waals surface area contributed by atoms with E-state index >= 15 is 0 Å². The molecule has 1 heterocycles. The molecule has 1 saturated heterocycles. The first-order valence-corrected chi connectivity index (χ1v) is 9.88. The van der Waals surface area contributed by atoms with Gasteiger partial charge in [0.2, 0.25) is 0 Å². The van der Waals surface area contributed by atoms with E-state index in [2.05, 4.69) is 78.1 Å². The maximum Gasteiger partial charge on any atom is 0.122 e. The van der Waals surface area contributed by atoms with E-state index in [0.29, 0.717) is 10.5 Å². The third-order valence-electron chi connectivity index (χ3n) is 4.02. The zero-order valence-electron chi connectivity index (χ0n) is 12.9. The Labute approximate surface area is 141 Å². The topological polar surface area (TPSA) is 9.23 Å². The van der Waals surface area contributed by atoms with Gasteiger partial charge in [-0.15, -0.1) is 23.5 Å². The number of hydrogen-bond donors (Lipinski definition) is 0. The maximum atomic E-state index is 5.64. The van der Waals surface area contributed by atoms with Gasteiger partial charge in [-0.1, -0.05) is 48.5 Å². The average Bonchev–Trinajstić information content (AvgIpc) is 2.61. The molecule has 0 N–H and O–H groups in total. The highest BCUT2D eigenvalue weighted by Crippen LogP contribution is 2.44. The summed E-state index contributed by atoms with van der Waals surface area (Å²) in [6, 6.07) is 19.4. The summed E-state index contributed by atoms with van der Waals surface area (Å²) < 4.78 is 6.25. The van der Waals surface area contributed by atoms with Crippen LogP contribution in [0.15, 0.2) is 54.6 Å². The standard InChI is InChI=1S/C19H22OS2/c1-20-18-11-6-5-10-16(18)17(19-21-12-7-13-22-19)14-15-8-3-2-4-9-15/h2-6,8-11,17,19H,7,12-14H2,1H3. The molecule has 1 unspecified atom stereocenters. The second-order valence-corrected chi connectivity index (χ2v) is 8.30. The molecule has 3 rings (SSSR count). The summed E-state index contributed by atoms with van der Waals surface area (Å²) >= 11 is 4.22. The lowest BCUT2D eigenvalue weighted by molar-refractivity contribution is 0.406. The first-order chi connectivity index (χ1) is 10.9. The molecule has 1 aliphatic heterocycles. The van der Waals surface area contributed by atoms with Crippen molar-refractivity contribution in [1.29, 1.82) is 0 Å². The van der Waals surface area contributed by atoms with Crippen LogP contribution in [0.3, 0.4) is 0 Å². The van der Waals surface area contributed by atoms with Gasteiger partial charge >= 0.3 is 0 Å². The predicted octanol–water partition coefficient (Wildman–Crippen LogP) is 5.22. The molecule has 2 aromatic rings. The Morgan fingerprint density at radius 3 is 2.41 bits per heavy atom. The quantitative estimate of drug-likeness (QED) is 0.744. The van der Waals surface area contributed by atoms with Crippen molar-refractivity contribution in [3.8, 4) is 5.75 Å². The minimum atomic E-state index is 0.494. The zero-order chi connectivity index (χ0) is 15.2. The highest BCUT2D eigenvalue weighted by Gasteiger charge is 2.28. The average molecular weight is 331 g/mol. The molecule has 116 valence electrons. The van der Waals surface area contributed by atoms with Crippen LogP contribution in [0.5, 0.6) is 5.75 Å². The molecular formula is C19H22OS2. The van der Waals surface area contributed by atoms with Gasteiger partial charge in [0, 0.05) is 5.92 Å². The van der Waals surface area contributed by atoms with Crippen LogP contribution in [0.25, 0.3) is 0 Å². The first kappa shape index (κ1) is 15.8. The maximum absolute atomic E-state index is 5.64. The van der Waals surface area contributed by atoms with Gasteiger partial charge in [0.25, 0.3) is 0 Å². The number of methoxy groups -OCH3 is 1. The van der Waals surface area contributed by atoms with E-state index in [-0.39, 0.29) is 0 Å². The van der Waals surface area contributed by atoms with Crippen LogP contribution in [0.2, 0.25) is 0 Å². The van der Waals surface area contributed by atoms with Gasteiger partial charge in [0.05, 0.1) is 11.7 Å². The summed E-state index contributed by atoms with van der Waals surface area (Å²) in [6.45, 7) is 0. The monoisotopic (exact) mass is 330 g/mol. The summed E-state index contributed by atoms with van der Waals surface area (Å²) in [6.07, 6.45) is 2.40.